The number of carbonyl (C=O) groups excluding carboxylic acids is 1. The molecule has 1 heterocycles. The van der Waals surface area contributed by atoms with Crippen molar-refractivity contribution in [2.45, 2.75) is 6.04 Å². The first-order valence-corrected chi connectivity index (χ1v) is 4.76. The first-order chi connectivity index (χ1) is 6.15. The van der Waals surface area contributed by atoms with Crippen molar-refractivity contribution in [2.75, 3.05) is 18.6 Å². The summed E-state index contributed by atoms with van der Waals surface area (Å²) in [6.45, 7) is 0. The fraction of sp³-hybridized carbons (Fsp3) is 0.571. The summed E-state index contributed by atoms with van der Waals surface area (Å²) in [5, 5.41) is 8.61. The zero-order chi connectivity index (χ0) is 9.84. The molecular formula is C7H9NO4S. The summed E-state index contributed by atoms with van der Waals surface area (Å²) in [6, 6.07) is -0.658. The van der Waals surface area contributed by atoms with Crippen LogP contribution in [0.3, 0.4) is 0 Å². The van der Waals surface area contributed by atoms with Gasteiger partial charge in [-0.25, -0.2) is 9.59 Å². The second-order valence-corrected chi connectivity index (χ2v) is 3.47. The van der Waals surface area contributed by atoms with Crippen molar-refractivity contribution in [3.8, 4) is 0 Å². The topological polar surface area (TPSA) is 76.0 Å². The van der Waals surface area contributed by atoms with Crippen molar-refractivity contribution in [1.29, 1.82) is 0 Å². The minimum Gasteiger partial charge on any atom is -0.477 e. The molecule has 1 aliphatic rings. The molecule has 6 heteroatoms. The van der Waals surface area contributed by atoms with E-state index >= 15 is 0 Å². The van der Waals surface area contributed by atoms with Crippen molar-refractivity contribution in [3.05, 3.63) is 0 Å². The van der Waals surface area contributed by atoms with Gasteiger partial charge < -0.3 is 9.84 Å². The number of carboxylic acid groups (broad SMARTS) is 1. The molecule has 1 unspecified atom stereocenters. The normalized spacial score (nSPS) is 21.9. The van der Waals surface area contributed by atoms with E-state index in [9.17, 15) is 9.59 Å². The Balaban J connectivity index is 2.73. The number of hydrogen-bond acceptors (Lipinski definition) is 5. The lowest BCUT2D eigenvalue weighted by molar-refractivity contribution is -0.141. The summed E-state index contributed by atoms with van der Waals surface area (Å²) >= 11 is 1.37. The van der Waals surface area contributed by atoms with Gasteiger partial charge >= 0.3 is 11.9 Å². The summed E-state index contributed by atoms with van der Waals surface area (Å²) in [4.78, 5) is 25.3. The highest BCUT2D eigenvalue weighted by atomic mass is 32.2. The Morgan fingerprint density at radius 3 is 2.92 bits per heavy atom. The van der Waals surface area contributed by atoms with Gasteiger partial charge in [0.1, 0.15) is 5.71 Å². The predicted octanol–water partition coefficient (Wildman–Crippen LogP) is -0.200. The largest absolute Gasteiger partial charge is 0.477 e. The SMILES string of the molecule is COC(=O)C1CSCC(C(=O)O)=N1. The zero-order valence-corrected chi connectivity index (χ0v) is 7.84. The van der Waals surface area contributed by atoms with Crippen molar-refractivity contribution < 1.29 is 19.4 Å². The van der Waals surface area contributed by atoms with Gasteiger partial charge in [-0.05, 0) is 0 Å². The third-order valence-corrected chi connectivity index (χ3v) is 2.58. The Bertz CT molecular complexity index is 263. The molecule has 1 N–H and O–H groups in total. The van der Waals surface area contributed by atoms with Gasteiger partial charge in [0.05, 0.1) is 7.11 Å². The van der Waals surface area contributed by atoms with Gasteiger partial charge in [0, 0.05) is 11.5 Å². The van der Waals surface area contributed by atoms with Gasteiger partial charge in [-0.2, -0.15) is 11.8 Å². The van der Waals surface area contributed by atoms with Crippen molar-refractivity contribution >= 4 is 29.4 Å². The lowest BCUT2D eigenvalue weighted by Gasteiger charge is -2.15. The zero-order valence-electron chi connectivity index (χ0n) is 7.02. The number of rotatable bonds is 2. The van der Waals surface area contributed by atoms with Crippen LogP contribution in [0.15, 0.2) is 4.99 Å². The summed E-state index contributed by atoms with van der Waals surface area (Å²) in [5.41, 5.74) is 0.0339. The van der Waals surface area contributed by atoms with Gasteiger partial charge in [-0.15, -0.1) is 0 Å². The van der Waals surface area contributed by atoms with Gasteiger partial charge in [-0.1, -0.05) is 0 Å². The van der Waals surface area contributed by atoms with E-state index in [0.29, 0.717) is 11.5 Å². The quantitative estimate of drug-likeness (QED) is 0.629. The van der Waals surface area contributed by atoms with Gasteiger partial charge in [0.15, 0.2) is 6.04 Å². The van der Waals surface area contributed by atoms with Crippen LogP contribution in [0.1, 0.15) is 0 Å². The molecule has 0 aromatic rings. The number of aliphatic carboxylic acids is 1. The van der Waals surface area contributed by atoms with E-state index in [-0.39, 0.29) is 5.71 Å². The third-order valence-electron chi connectivity index (χ3n) is 1.55. The van der Waals surface area contributed by atoms with Crippen LogP contribution in [0.5, 0.6) is 0 Å². The summed E-state index contributed by atoms with van der Waals surface area (Å²) in [7, 11) is 1.26. The van der Waals surface area contributed by atoms with Gasteiger partial charge in [0.25, 0.3) is 0 Å². The summed E-state index contributed by atoms with van der Waals surface area (Å²) in [6.07, 6.45) is 0. The monoisotopic (exact) mass is 203 g/mol. The number of carboxylic acids is 1. The van der Waals surface area contributed by atoms with Crippen LogP contribution in [0.2, 0.25) is 0 Å². The summed E-state index contributed by atoms with van der Waals surface area (Å²) in [5.74, 6) is -0.709. The lowest BCUT2D eigenvalue weighted by atomic mass is 10.3. The molecule has 0 aromatic heterocycles. The number of ether oxygens (including phenoxy) is 1. The number of thioether (sulfide) groups is 1. The van der Waals surface area contributed by atoms with Crippen molar-refractivity contribution in [1.82, 2.24) is 0 Å². The average molecular weight is 203 g/mol. The molecular weight excluding hydrogens is 194 g/mol. The molecule has 0 saturated heterocycles. The van der Waals surface area contributed by atoms with E-state index in [1.807, 2.05) is 0 Å². The number of hydrogen-bond donors (Lipinski definition) is 1. The van der Waals surface area contributed by atoms with E-state index < -0.39 is 18.0 Å². The number of nitrogens with zero attached hydrogens (tertiary/aromatic N) is 1. The van der Waals surface area contributed by atoms with Crippen LogP contribution >= 0.6 is 11.8 Å². The third kappa shape index (κ3) is 2.45. The molecule has 1 atom stereocenters. The molecule has 5 nitrogen and oxygen atoms in total. The highest BCUT2D eigenvalue weighted by Gasteiger charge is 2.25. The second kappa shape index (κ2) is 4.27. The lowest BCUT2D eigenvalue weighted by Crippen LogP contribution is -2.31. The van der Waals surface area contributed by atoms with Gasteiger partial charge in [0.2, 0.25) is 0 Å². The molecule has 0 fully saturated rings. The maximum atomic E-state index is 11.0. The minimum absolute atomic E-state index is 0.0339. The maximum Gasteiger partial charge on any atom is 0.350 e. The van der Waals surface area contributed by atoms with E-state index in [0.717, 1.165) is 0 Å². The highest BCUT2D eigenvalue weighted by Crippen LogP contribution is 2.14. The molecule has 0 amide bonds. The molecule has 0 aliphatic carbocycles. The molecule has 1 aliphatic heterocycles. The summed E-state index contributed by atoms with van der Waals surface area (Å²) < 4.78 is 4.47. The standard InChI is InChI=1S/C7H9NO4S/c1-12-7(11)5-3-13-2-4(8-5)6(9)10/h5H,2-3H2,1H3,(H,9,10). The Kier molecular flexibility index (Phi) is 3.30. The van der Waals surface area contributed by atoms with Crippen molar-refractivity contribution in [3.63, 3.8) is 0 Å². The fourth-order valence-corrected chi connectivity index (χ4v) is 1.85. The molecule has 0 spiro atoms. The highest BCUT2D eigenvalue weighted by molar-refractivity contribution is 8.00. The Morgan fingerprint density at radius 1 is 1.69 bits per heavy atom. The van der Waals surface area contributed by atoms with Crippen molar-refractivity contribution in [2.24, 2.45) is 4.99 Å². The van der Waals surface area contributed by atoms with E-state index in [2.05, 4.69) is 9.73 Å². The average Bonchev–Trinajstić information content (AvgIpc) is 2.17. The molecule has 0 aromatic carbocycles. The van der Waals surface area contributed by atoms with Gasteiger partial charge in [-0.3, -0.25) is 4.99 Å². The number of aliphatic imine (C=N–C) groups is 1. The molecule has 13 heavy (non-hydrogen) atoms. The van der Waals surface area contributed by atoms with E-state index in [1.165, 1.54) is 18.9 Å². The van der Waals surface area contributed by atoms with E-state index in [4.69, 9.17) is 5.11 Å². The molecule has 0 saturated carbocycles. The van der Waals surface area contributed by atoms with Crippen LogP contribution in [-0.4, -0.2) is 47.4 Å². The molecule has 0 radical (unpaired) electrons. The molecule has 1 rings (SSSR count). The fourth-order valence-electron chi connectivity index (χ4n) is 0.904. The van der Waals surface area contributed by atoms with Crippen LogP contribution in [0.4, 0.5) is 0 Å². The second-order valence-electron chi connectivity index (χ2n) is 2.44. The number of esters is 1. The number of carbonyl (C=O) groups is 2. The minimum atomic E-state index is -1.07. The smallest absolute Gasteiger partial charge is 0.350 e. The van der Waals surface area contributed by atoms with Crippen LogP contribution in [-0.2, 0) is 14.3 Å². The van der Waals surface area contributed by atoms with Crippen LogP contribution in [0, 0.1) is 0 Å². The Morgan fingerprint density at radius 2 is 2.38 bits per heavy atom. The maximum absolute atomic E-state index is 11.0. The first kappa shape index (κ1) is 10.0. The van der Waals surface area contributed by atoms with E-state index in [1.54, 1.807) is 0 Å². The van der Waals surface area contributed by atoms with Crippen LogP contribution in [0.25, 0.3) is 0 Å². The predicted molar refractivity (Wildman–Crippen MR) is 48.2 cm³/mol. The molecule has 72 valence electrons. The van der Waals surface area contributed by atoms with Crippen LogP contribution < -0.4 is 0 Å². The Hall–Kier alpha value is -1.04. The number of methoxy groups -OCH3 is 1. The Labute approximate surface area is 79.2 Å². The first-order valence-electron chi connectivity index (χ1n) is 3.60. The molecule has 0 bridgehead atoms.